The second-order valence-electron chi connectivity index (χ2n) is 7.51. The fourth-order valence-electron chi connectivity index (χ4n) is 2.37. The highest BCUT2D eigenvalue weighted by atomic mass is 32.2. The minimum Gasteiger partial charge on any atom is -0.332 e. The minimum absolute atomic E-state index is 0.0294. The predicted octanol–water partition coefficient (Wildman–Crippen LogP) is 3.20. The second kappa shape index (κ2) is 9.77. The Balaban J connectivity index is 1.93. The van der Waals surface area contributed by atoms with Gasteiger partial charge in [-0.1, -0.05) is 0 Å². The van der Waals surface area contributed by atoms with Gasteiger partial charge in [0.05, 0.1) is 9.82 Å². The summed E-state index contributed by atoms with van der Waals surface area (Å²) in [5.74, 6) is -0.496. The molecule has 0 unspecified atom stereocenters. The van der Waals surface area contributed by atoms with Crippen LogP contribution in [0.25, 0.3) is 6.08 Å². The summed E-state index contributed by atoms with van der Waals surface area (Å²) < 4.78 is 27.2. The van der Waals surface area contributed by atoms with Gasteiger partial charge in [0.25, 0.3) is 5.69 Å². The number of sulfonamides is 1. The molecule has 0 radical (unpaired) electrons. The molecule has 0 spiro atoms. The molecule has 0 aromatic heterocycles. The van der Waals surface area contributed by atoms with Gasteiger partial charge in [0, 0.05) is 29.4 Å². The van der Waals surface area contributed by atoms with Crippen LogP contribution in [0, 0.1) is 10.1 Å². The van der Waals surface area contributed by atoms with E-state index in [1.165, 1.54) is 60.7 Å². The van der Waals surface area contributed by atoms with Gasteiger partial charge in [0.2, 0.25) is 15.9 Å². The van der Waals surface area contributed by atoms with Crippen molar-refractivity contribution in [2.24, 2.45) is 0 Å². The topological polar surface area (TPSA) is 130 Å². The molecule has 31 heavy (non-hydrogen) atoms. The first-order valence-corrected chi connectivity index (χ1v) is 10.9. The molecule has 0 bridgehead atoms. The standard InChI is InChI=1S/C20H22N4O5S2/c1-20(2,3)23-31(28,29)17-11-7-15(8-12-17)21-19(30)22-18(25)13-6-14-4-9-16(10-5-14)24(26)27/h4-13,23H,1-3H3,(H2,21,22,25,30)/b13-6+. The maximum Gasteiger partial charge on any atom is 0.269 e. The van der Waals surface area contributed by atoms with Crippen molar-refractivity contribution in [3.05, 3.63) is 70.3 Å². The van der Waals surface area contributed by atoms with Gasteiger partial charge < -0.3 is 5.32 Å². The van der Waals surface area contributed by atoms with E-state index >= 15 is 0 Å². The fraction of sp³-hybridized carbons (Fsp3) is 0.200. The van der Waals surface area contributed by atoms with Crippen molar-refractivity contribution in [1.29, 1.82) is 0 Å². The fourth-order valence-corrected chi connectivity index (χ4v) is 4.01. The van der Waals surface area contributed by atoms with Crippen LogP contribution in [0.2, 0.25) is 0 Å². The molecule has 0 saturated carbocycles. The molecule has 2 aromatic carbocycles. The predicted molar refractivity (Wildman–Crippen MR) is 123 cm³/mol. The van der Waals surface area contributed by atoms with E-state index in [1.54, 1.807) is 20.8 Å². The second-order valence-corrected chi connectivity index (χ2v) is 9.60. The Morgan fingerprint density at radius 3 is 2.16 bits per heavy atom. The Kier molecular flexibility index (Phi) is 7.60. The van der Waals surface area contributed by atoms with Gasteiger partial charge in [-0.15, -0.1) is 0 Å². The van der Waals surface area contributed by atoms with Crippen LogP contribution in [0.3, 0.4) is 0 Å². The van der Waals surface area contributed by atoms with Crippen LogP contribution in [0.4, 0.5) is 11.4 Å². The summed E-state index contributed by atoms with van der Waals surface area (Å²) in [7, 11) is -3.65. The summed E-state index contributed by atoms with van der Waals surface area (Å²) in [6, 6.07) is 11.6. The first kappa shape index (κ1) is 24.1. The Bertz CT molecular complexity index is 1100. The van der Waals surface area contributed by atoms with Crippen LogP contribution >= 0.6 is 12.2 Å². The van der Waals surface area contributed by atoms with Gasteiger partial charge in [0.1, 0.15) is 0 Å². The molecule has 11 heteroatoms. The summed E-state index contributed by atoms with van der Waals surface area (Å²) >= 11 is 5.08. The van der Waals surface area contributed by atoms with Crippen molar-refractivity contribution in [3.8, 4) is 0 Å². The number of rotatable bonds is 6. The zero-order chi connectivity index (χ0) is 23.2. The third-order valence-electron chi connectivity index (χ3n) is 3.63. The minimum atomic E-state index is -3.65. The molecule has 0 heterocycles. The number of benzene rings is 2. The van der Waals surface area contributed by atoms with E-state index in [0.29, 0.717) is 11.3 Å². The summed E-state index contributed by atoms with van der Waals surface area (Å²) in [6.07, 6.45) is 2.73. The average Bonchev–Trinajstić information content (AvgIpc) is 2.65. The molecule has 164 valence electrons. The summed E-state index contributed by atoms with van der Waals surface area (Å²) in [4.78, 5) is 22.2. The lowest BCUT2D eigenvalue weighted by Crippen LogP contribution is -2.40. The van der Waals surface area contributed by atoms with Crippen molar-refractivity contribution >= 4 is 50.7 Å². The van der Waals surface area contributed by atoms with Gasteiger partial charge in [-0.05, 0) is 81.0 Å². The van der Waals surface area contributed by atoms with Crippen molar-refractivity contribution in [3.63, 3.8) is 0 Å². The number of nitrogens with zero attached hydrogens (tertiary/aromatic N) is 1. The molecule has 0 aliphatic carbocycles. The molecule has 0 atom stereocenters. The summed E-state index contributed by atoms with van der Waals surface area (Å²) in [5.41, 5.74) is 0.462. The average molecular weight is 463 g/mol. The van der Waals surface area contributed by atoms with E-state index in [-0.39, 0.29) is 15.7 Å². The van der Waals surface area contributed by atoms with E-state index in [1.807, 2.05) is 0 Å². The first-order chi connectivity index (χ1) is 14.4. The van der Waals surface area contributed by atoms with Crippen molar-refractivity contribution in [2.75, 3.05) is 5.32 Å². The number of nitro groups is 1. The van der Waals surface area contributed by atoms with Crippen molar-refractivity contribution in [2.45, 2.75) is 31.2 Å². The van der Waals surface area contributed by atoms with E-state index in [9.17, 15) is 23.3 Å². The van der Waals surface area contributed by atoms with Crippen LogP contribution < -0.4 is 15.4 Å². The van der Waals surface area contributed by atoms with E-state index in [0.717, 1.165) is 0 Å². The van der Waals surface area contributed by atoms with Gasteiger partial charge >= 0.3 is 0 Å². The smallest absolute Gasteiger partial charge is 0.269 e. The largest absolute Gasteiger partial charge is 0.332 e. The lowest BCUT2D eigenvalue weighted by molar-refractivity contribution is -0.384. The molecule has 0 saturated heterocycles. The van der Waals surface area contributed by atoms with Crippen LogP contribution in [-0.4, -0.2) is 29.9 Å². The first-order valence-electron chi connectivity index (χ1n) is 9.04. The Hall–Kier alpha value is -3.15. The monoisotopic (exact) mass is 462 g/mol. The lowest BCUT2D eigenvalue weighted by atomic mass is 10.1. The maximum atomic E-state index is 12.3. The van der Waals surface area contributed by atoms with Crippen molar-refractivity contribution in [1.82, 2.24) is 10.0 Å². The molecular weight excluding hydrogens is 440 g/mol. The third kappa shape index (κ3) is 7.89. The highest BCUT2D eigenvalue weighted by Gasteiger charge is 2.21. The van der Waals surface area contributed by atoms with Gasteiger partial charge in [0.15, 0.2) is 5.11 Å². The van der Waals surface area contributed by atoms with Crippen molar-refractivity contribution < 1.29 is 18.1 Å². The zero-order valence-corrected chi connectivity index (χ0v) is 18.7. The number of thiocarbonyl (C=S) groups is 1. The number of nitro benzene ring substituents is 1. The van der Waals surface area contributed by atoms with Gasteiger partial charge in [-0.2, -0.15) is 0 Å². The highest BCUT2D eigenvalue weighted by Crippen LogP contribution is 2.16. The summed E-state index contributed by atoms with van der Waals surface area (Å²) in [5, 5.41) is 15.9. The van der Waals surface area contributed by atoms with Crippen LogP contribution in [0.15, 0.2) is 59.5 Å². The molecule has 2 aromatic rings. The SMILES string of the molecule is CC(C)(C)NS(=O)(=O)c1ccc(NC(=S)NC(=O)/C=C/c2ccc([N+](=O)[O-])cc2)cc1. The Morgan fingerprint density at radius 2 is 1.65 bits per heavy atom. The van der Waals surface area contributed by atoms with E-state index in [2.05, 4.69) is 15.4 Å². The Labute approximate surface area is 185 Å². The molecule has 0 fully saturated rings. The number of hydrogen-bond donors (Lipinski definition) is 3. The van der Waals surface area contributed by atoms with E-state index in [4.69, 9.17) is 12.2 Å². The Morgan fingerprint density at radius 1 is 1.06 bits per heavy atom. The van der Waals surface area contributed by atoms with Gasteiger partial charge in [-0.3, -0.25) is 20.2 Å². The molecule has 3 N–H and O–H groups in total. The lowest BCUT2D eigenvalue weighted by Gasteiger charge is -2.20. The number of nitrogens with one attached hydrogen (secondary N) is 3. The molecule has 9 nitrogen and oxygen atoms in total. The van der Waals surface area contributed by atoms with Crippen LogP contribution in [-0.2, 0) is 14.8 Å². The zero-order valence-electron chi connectivity index (χ0n) is 17.1. The molecule has 0 aliphatic heterocycles. The molecule has 0 aliphatic rings. The number of amides is 1. The number of non-ortho nitro benzene ring substituents is 1. The molecular formula is C20H22N4O5S2. The highest BCUT2D eigenvalue weighted by molar-refractivity contribution is 7.89. The molecule has 1 amide bonds. The number of hydrogen-bond acceptors (Lipinski definition) is 6. The van der Waals surface area contributed by atoms with Crippen LogP contribution in [0.1, 0.15) is 26.3 Å². The number of anilines is 1. The quantitative estimate of drug-likeness (QED) is 0.260. The third-order valence-corrected chi connectivity index (χ3v) is 5.61. The normalized spacial score (nSPS) is 11.8. The summed E-state index contributed by atoms with van der Waals surface area (Å²) in [6.45, 7) is 5.24. The maximum absolute atomic E-state index is 12.3. The van der Waals surface area contributed by atoms with Gasteiger partial charge in [-0.25, -0.2) is 13.1 Å². The number of carbonyl (C=O) groups excluding carboxylic acids is 1. The number of carbonyl (C=O) groups is 1. The molecule has 2 rings (SSSR count). The van der Waals surface area contributed by atoms with Crippen LogP contribution in [0.5, 0.6) is 0 Å². The van der Waals surface area contributed by atoms with E-state index < -0.39 is 26.4 Å².